The van der Waals surface area contributed by atoms with Crippen LogP contribution in [-0.4, -0.2) is 31.4 Å². The van der Waals surface area contributed by atoms with E-state index >= 15 is 0 Å². The summed E-state index contributed by atoms with van der Waals surface area (Å²) in [5.74, 6) is 1.13. The Morgan fingerprint density at radius 1 is 1.24 bits per heavy atom. The number of pyridine rings is 1. The van der Waals surface area contributed by atoms with E-state index in [4.69, 9.17) is 0 Å². The second-order valence-corrected chi connectivity index (χ2v) is 8.51. The van der Waals surface area contributed by atoms with Gasteiger partial charge in [0.2, 0.25) is 5.91 Å². The van der Waals surface area contributed by atoms with Crippen LogP contribution < -0.4 is 5.32 Å². The zero-order valence-electron chi connectivity index (χ0n) is 16.9. The summed E-state index contributed by atoms with van der Waals surface area (Å²) in [4.78, 5) is 16.7. The van der Waals surface area contributed by atoms with Gasteiger partial charge in [0, 0.05) is 24.0 Å². The highest BCUT2D eigenvalue weighted by atomic mass is 32.2. The number of amides is 1. The molecule has 1 saturated carbocycles. The molecule has 150 valence electrons. The highest BCUT2D eigenvalue weighted by Gasteiger charge is 2.30. The maximum absolute atomic E-state index is 12.5. The molecule has 7 heteroatoms. The van der Waals surface area contributed by atoms with Gasteiger partial charge in [-0.3, -0.25) is 14.3 Å². The molecule has 4 rings (SSSR count). The summed E-state index contributed by atoms with van der Waals surface area (Å²) >= 11 is 1.44. The van der Waals surface area contributed by atoms with Crippen LogP contribution in [0.5, 0.6) is 0 Å². The highest BCUT2D eigenvalue weighted by molar-refractivity contribution is 7.99. The Morgan fingerprint density at radius 2 is 2.07 bits per heavy atom. The van der Waals surface area contributed by atoms with E-state index in [0.717, 1.165) is 34.9 Å². The first kappa shape index (κ1) is 19.6. The number of benzene rings is 1. The lowest BCUT2D eigenvalue weighted by Gasteiger charge is -2.15. The first-order chi connectivity index (χ1) is 14.0. The molecular formula is C22H25N5OS. The highest BCUT2D eigenvalue weighted by Crippen LogP contribution is 2.40. The molecule has 1 atom stereocenters. The van der Waals surface area contributed by atoms with Gasteiger partial charge in [-0.1, -0.05) is 30.0 Å². The molecule has 2 aromatic heterocycles. The van der Waals surface area contributed by atoms with Crippen LogP contribution in [0.2, 0.25) is 0 Å². The van der Waals surface area contributed by atoms with Crippen molar-refractivity contribution < 1.29 is 4.79 Å². The molecule has 6 nitrogen and oxygen atoms in total. The van der Waals surface area contributed by atoms with Gasteiger partial charge in [0.25, 0.3) is 0 Å². The number of nitrogens with one attached hydrogen (secondary N) is 1. The Bertz CT molecular complexity index is 1010. The SMILES string of the molecule is Cc1ccc([C@H](C)NC(=O)CSc2nnc(-c3cccnc3)n2C2CC2)cc1C. The summed E-state index contributed by atoms with van der Waals surface area (Å²) in [6, 6.07) is 10.6. The number of aromatic nitrogens is 4. The monoisotopic (exact) mass is 407 g/mol. The average Bonchev–Trinajstić information content (AvgIpc) is 3.48. The van der Waals surface area contributed by atoms with Gasteiger partial charge in [-0.25, -0.2) is 0 Å². The van der Waals surface area contributed by atoms with Crippen LogP contribution in [0, 0.1) is 13.8 Å². The lowest BCUT2D eigenvalue weighted by Crippen LogP contribution is -2.28. The van der Waals surface area contributed by atoms with Crippen molar-refractivity contribution in [2.24, 2.45) is 0 Å². The van der Waals surface area contributed by atoms with E-state index in [2.05, 4.69) is 57.1 Å². The number of hydrogen-bond acceptors (Lipinski definition) is 5. The smallest absolute Gasteiger partial charge is 0.230 e. The fraction of sp³-hybridized carbons (Fsp3) is 0.364. The fourth-order valence-corrected chi connectivity index (χ4v) is 4.08. The molecular weight excluding hydrogens is 382 g/mol. The average molecular weight is 408 g/mol. The van der Waals surface area contributed by atoms with E-state index in [9.17, 15) is 4.79 Å². The molecule has 0 bridgehead atoms. The van der Waals surface area contributed by atoms with Gasteiger partial charge in [0.15, 0.2) is 11.0 Å². The zero-order valence-corrected chi connectivity index (χ0v) is 17.7. The molecule has 1 aromatic carbocycles. The molecule has 0 saturated heterocycles. The third-order valence-electron chi connectivity index (χ3n) is 5.24. The summed E-state index contributed by atoms with van der Waals surface area (Å²) in [5, 5.41) is 12.6. The Labute approximate surface area is 175 Å². The molecule has 29 heavy (non-hydrogen) atoms. The minimum atomic E-state index is -0.0327. The molecule has 0 aliphatic heterocycles. The first-order valence-corrected chi connectivity index (χ1v) is 10.9. The van der Waals surface area contributed by atoms with Crippen molar-refractivity contribution in [1.29, 1.82) is 0 Å². The third-order valence-corrected chi connectivity index (χ3v) is 6.18. The van der Waals surface area contributed by atoms with Gasteiger partial charge in [-0.15, -0.1) is 10.2 Å². The second kappa shape index (κ2) is 8.37. The van der Waals surface area contributed by atoms with E-state index in [0.29, 0.717) is 11.8 Å². The molecule has 1 aliphatic rings. The summed E-state index contributed by atoms with van der Waals surface area (Å²) < 4.78 is 2.15. The van der Waals surface area contributed by atoms with E-state index in [1.807, 2.05) is 19.1 Å². The van der Waals surface area contributed by atoms with Crippen molar-refractivity contribution >= 4 is 17.7 Å². The zero-order chi connectivity index (χ0) is 20.4. The Morgan fingerprint density at radius 3 is 2.76 bits per heavy atom. The second-order valence-electron chi connectivity index (χ2n) is 7.57. The number of carbonyl (C=O) groups is 1. The molecule has 1 amide bonds. The van der Waals surface area contributed by atoms with Crippen molar-refractivity contribution in [2.45, 2.75) is 50.9 Å². The molecule has 3 aromatic rings. The number of aryl methyl sites for hydroxylation is 2. The molecule has 0 spiro atoms. The van der Waals surface area contributed by atoms with Crippen LogP contribution >= 0.6 is 11.8 Å². The minimum absolute atomic E-state index is 0.00555. The standard InChI is InChI=1S/C22H25N5OS/c1-14-6-7-17(11-15(14)2)16(3)24-20(28)13-29-22-26-25-21(27(22)19-8-9-19)18-5-4-10-23-12-18/h4-7,10-12,16,19H,8-9,13H2,1-3H3,(H,24,28)/t16-/m0/s1. The fourth-order valence-electron chi connectivity index (χ4n) is 3.26. The summed E-state index contributed by atoms with van der Waals surface area (Å²) in [7, 11) is 0. The minimum Gasteiger partial charge on any atom is -0.349 e. The number of nitrogens with zero attached hydrogens (tertiary/aromatic N) is 4. The molecule has 1 aliphatic carbocycles. The Balaban J connectivity index is 1.42. The summed E-state index contributed by atoms with van der Waals surface area (Å²) in [6.07, 6.45) is 5.79. The largest absolute Gasteiger partial charge is 0.349 e. The van der Waals surface area contributed by atoms with E-state index in [1.54, 1.807) is 12.4 Å². The number of hydrogen-bond donors (Lipinski definition) is 1. The number of thioether (sulfide) groups is 1. The van der Waals surface area contributed by atoms with Crippen molar-refractivity contribution in [3.05, 3.63) is 59.4 Å². The lowest BCUT2D eigenvalue weighted by atomic mass is 10.0. The summed E-state index contributed by atoms with van der Waals surface area (Å²) in [5.41, 5.74) is 4.56. The van der Waals surface area contributed by atoms with Gasteiger partial charge in [-0.05, 0) is 62.4 Å². The first-order valence-electron chi connectivity index (χ1n) is 9.87. The number of carbonyl (C=O) groups excluding carboxylic acids is 1. The maximum Gasteiger partial charge on any atom is 0.230 e. The van der Waals surface area contributed by atoms with E-state index < -0.39 is 0 Å². The van der Waals surface area contributed by atoms with Gasteiger partial charge in [0.05, 0.1) is 11.8 Å². The topological polar surface area (TPSA) is 72.7 Å². The van der Waals surface area contributed by atoms with Crippen molar-refractivity contribution in [1.82, 2.24) is 25.1 Å². The van der Waals surface area contributed by atoms with Crippen molar-refractivity contribution in [3.8, 4) is 11.4 Å². The van der Waals surface area contributed by atoms with Crippen LogP contribution in [0.15, 0.2) is 47.9 Å². The Kier molecular flexibility index (Phi) is 5.67. The van der Waals surface area contributed by atoms with Crippen molar-refractivity contribution in [3.63, 3.8) is 0 Å². The van der Waals surface area contributed by atoms with Crippen LogP contribution in [0.3, 0.4) is 0 Å². The van der Waals surface area contributed by atoms with Gasteiger partial charge in [-0.2, -0.15) is 0 Å². The van der Waals surface area contributed by atoms with E-state index in [-0.39, 0.29) is 11.9 Å². The third kappa shape index (κ3) is 4.50. The predicted octanol–water partition coefficient (Wildman–Crippen LogP) is 4.26. The molecule has 2 heterocycles. The van der Waals surface area contributed by atoms with Gasteiger partial charge >= 0.3 is 0 Å². The van der Waals surface area contributed by atoms with Crippen LogP contribution in [-0.2, 0) is 4.79 Å². The lowest BCUT2D eigenvalue weighted by molar-refractivity contribution is -0.119. The summed E-state index contributed by atoms with van der Waals surface area (Å²) in [6.45, 7) is 6.20. The molecule has 1 N–H and O–H groups in total. The van der Waals surface area contributed by atoms with Gasteiger partial charge in [0.1, 0.15) is 0 Å². The van der Waals surface area contributed by atoms with Gasteiger partial charge < -0.3 is 5.32 Å². The molecule has 0 unspecified atom stereocenters. The van der Waals surface area contributed by atoms with Crippen LogP contribution in [0.25, 0.3) is 11.4 Å². The maximum atomic E-state index is 12.5. The predicted molar refractivity (Wildman–Crippen MR) is 115 cm³/mol. The quantitative estimate of drug-likeness (QED) is 0.593. The Hall–Kier alpha value is -2.67. The van der Waals surface area contributed by atoms with Crippen LogP contribution in [0.4, 0.5) is 0 Å². The normalized spacial score (nSPS) is 14.6. The van der Waals surface area contributed by atoms with Crippen molar-refractivity contribution in [2.75, 3.05) is 5.75 Å². The van der Waals surface area contributed by atoms with Crippen LogP contribution in [0.1, 0.15) is 48.5 Å². The van der Waals surface area contributed by atoms with E-state index in [1.165, 1.54) is 22.9 Å². The molecule has 1 fully saturated rings. The number of rotatable bonds is 7. The molecule has 0 radical (unpaired) electrons.